The van der Waals surface area contributed by atoms with Crippen LogP contribution in [0.4, 0.5) is 9.18 Å². The van der Waals surface area contributed by atoms with Crippen LogP contribution in [0.5, 0.6) is 5.75 Å². The van der Waals surface area contributed by atoms with E-state index in [1.54, 1.807) is 13.0 Å². The average molecular weight is 251 g/mol. The summed E-state index contributed by atoms with van der Waals surface area (Å²) < 4.78 is 22.6. The number of carboxylic acid groups (broad SMARTS) is 1. The normalized spacial score (nSPS) is 10.3. The molecule has 6 heteroatoms. The highest BCUT2D eigenvalue weighted by Gasteiger charge is 2.07. The third-order valence-electron chi connectivity index (χ3n) is 2.26. The second-order valence-electron chi connectivity index (χ2n) is 3.60. The minimum atomic E-state index is -1.43. The van der Waals surface area contributed by atoms with Crippen LogP contribution >= 0.6 is 0 Å². The van der Waals surface area contributed by atoms with Gasteiger partial charge in [-0.3, -0.25) is 4.98 Å². The molecule has 0 aliphatic rings. The van der Waals surface area contributed by atoms with Crippen molar-refractivity contribution in [3.05, 3.63) is 35.8 Å². The van der Waals surface area contributed by atoms with Crippen LogP contribution in [0.3, 0.4) is 0 Å². The summed E-state index contributed by atoms with van der Waals surface area (Å²) in [6.45, 7) is 1.30. The van der Waals surface area contributed by atoms with Gasteiger partial charge in [0.25, 0.3) is 0 Å². The maximum atomic E-state index is 13.2. The van der Waals surface area contributed by atoms with Gasteiger partial charge in [-0.2, -0.15) is 0 Å². The number of hydrogen-bond donors (Lipinski definition) is 1. The maximum Gasteiger partial charge on any atom is 0.508 e. The van der Waals surface area contributed by atoms with Gasteiger partial charge in [0.1, 0.15) is 11.6 Å². The molecule has 0 amide bonds. The molecule has 1 aromatic heterocycles. The molecule has 0 aliphatic heterocycles. The molecule has 1 aromatic carbocycles. The molecule has 0 saturated carbocycles. The van der Waals surface area contributed by atoms with Gasteiger partial charge in [-0.05, 0) is 25.1 Å². The van der Waals surface area contributed by atoms with Crippen LogP contribution < -0.4 is 4.74 Å². The molecule has 18 heavy (non-hydrogen) atoms. The standard InChI is InChI=1S/C12H10FNO4/c1-7-4-11(17-6-18-12(15)16)9-5-8(13)2-3-10(9)14-7/h2-5H,6H2,1H3,(H,15,16). The lowest BCUT2D eigenvalue weighted by Crippen LogP contribution is -2.08. The molecule has 0 spiro atoms. The average Bonchev–Trinajstić information content (AvgIpc) is 2.29. The van der Waals surface area contributed by atoms with E-state index in [0.29, 0.717) is 22.3 Å². The second-order valence-corrected chi connectivity index (χ2v) is 3.60. The number of fused-ring (bicyclic) bond motifs is 1. The Bertz CT molecular complexity index is 600. The number of halogens is 1. The van der Waals surface area contributed by atoms with E-state index in [1.165, 1.54) is 18.2 Å². The van der Waals surface area contributed by atoms with Crippen LogP contribution in [0.1, 0.15) is 5.69 Å². The van der Waals surface area contributed by atoms with Gasteiger partial charge in [0, 0.05) is 17.1 Å². The number of ether oxygens (including phenoxy) is 2. The van der Waals surface area contributed by atoms with Gasteiger partial charge in [0.2, 0.25) is 6.79 Å². The van der Waals surface area contributed by atoms with Crippen molar-refractivity contribution in [3.8, 4) is 5.75 Å². The van der Waals surface area contributed by atoms with E-state index < -0.39 is 18.8 Å². The first-order valence-electron chi connectivity index (χ1n) is 5.11. The molecule has 2 aromatic rings. The van der Waals surface area contributed by atoms with E-state index in [2.05, 4.69) is 9.72 Å². The fourth-order valence-electron chi connectivity index (χ4n) is 1.56. The Hall–Kier alpha value is -2.37. The Labute approximate surface area is 102 Å². The van der Waals surface area contributed by atoms with Gasteiger partial charge < -0.3 is 14.6 Å². The molecule has 94 valence electrons. The van der Waals surface area contributed by atoms with E-state index in [1.807, 2.05) is 0 Å². The van der Waals surface area contributed by atoms with E-state index in [-0.39, 0.29) is 0 Å². The largest absolute Gasteiger partial charge is 0.508 e. The minimum Gasteiger partial charge on any atom is -0.456 e. The summed E-state index contributed by atoms with van der Waals surface area (Å²) in [4.78, 5) is 14.4. The van der Waals surface area contributed by atoms with Crippen LogP contribution in [-0.2, 0) is 4.74 Å². The molecule has 0 saturated heterocycles. The fourth-order valence-corrected chi connectivity index (χ4v) is 1.56. The lowest BCUT2D eigenvalue weighted by atomic mass is 10.2. The summed E-state index contributed by atoms with van der Waals surface area (Å²) in [7, 11) is 0. The van der Waals surface area contributed by atoms with Crippen molar-refractivity contribution in [3.63, 3.8) is 0 Å². The molecule has 0 aliphatic carbocycles. The molecule has 1 heterocycles. The molecule has 1 N–H and O–H groups in total. The first kappa shape index (κ1) is 12.1. The third kappa shape index (κ3) is 2.65. The number of pyridine rings is 1. The van der Waals surface area contributed by atoms with Crippen LogP contribution in [0.2, 0.25) is 0 Å². The van der Waals surface area contributed by atoms with E-state index in [4.69, 9.17) is 9.84 Å². The Balaban J connectivity index is 2.35. The van der Waals surface area contributed by atoms with Crippen molar-refractivity contribution in [2.45, 2.75) is 6.92 Å². The SMILES string of the molecule is Cc1cc(OCOC(=O)O)c2cc(F)ccc2n1. The molecular formula is C12H10FNO4. The van der Waals surface area contributed by atoms with Crippen molar-refractivity contribution < 1.29 is 23.8 Å². The quantitative estimate of drug-likeness (QED) is 0.671. The number of rotatable bonds is 3. The first-order chi connectivity index (χ1) is 8.56. The van der Waals surface area contributed by atoms with E-state index in [0.717, 1.165) is 0 Å². The highest BCUT2D eigenvalue weighted by atomic mass is 19.1. The summed E-state index contributed by atoms with van der Waals surface area (Å²) >= 11 is 0. The van der Waals surface area contributed by atoms with Crippen molar-refractivity contribution in [1.82, 2.24) is 4.98 Å². The van der Waals surface area contributed by atoms with Gasteiger partial charge in [0.15, 0.2) is 0 Å². The van der Waals surface area contributed by atoms with E-state index in [9.17, 15) is 9.18 Å². The van der Waals surface area contributed by atoms with Crippen LogP contribution in [-0.4, -0.2) is 23.0 Å². The predicted octanol–water partition coefficient (Wildman–Crippen LogP) is 2.71. The van der Waals surface area contributed by atoms with Crippen LogP contribution in [0, 0.1) is 12.7 Å². The predicted molar refractivity (Wildman–Crippen MR) is 61.0 cm³/mol. The number of aromatic nitrogens is 1. The Morgan fingerprint density at radius 3 is 2.94 bits per heavy atom. The number of aryl methyl sites for hydroxylation is 1. The second kappa shape index (κ2) is 4.87. The molecule has 0 fully saturated rings. The Morgan fingerprint density at radius 1 is 1.44 bits per heavy atom. The number of hydrogen-bond acceptors (Lipinski definition) is 4. The van der Waals surface area contributed by atoms with Crippen LogP contribution in [0.25, 0.3) is 10.9 Å². The highest BCUT2D eigenvalue weighted by Crippen LogP contribution is 2.26. The lowest BCUT2D eigenvalue weighted by Gasteiger charge is -2.09. The minimum absolute atomic E-state index is 0.332. The number of nitrogens with zero attached hydrogens (tertiary/aromatic N) is 1. The van der Waals surface area contributed by atoms with Crippen molar-refractivity contribution in [2.75, 3.05) is 6.79 Å². The molecule has 0 atom stereocenters. The Morgan fingerprint density at radius 2 is 2.22 bits per heavy atom. The summed E-state index contributed by atoms with van der Waals surface area (Å²) in [6, 6.07) is 5.69. The first-order valence-corrected chi connectivity index (χ1v) is 5.11. The van der Waals surface area contributed by atoms with Gasteiger partial charge in [-0.1, -0.05) is 0 Å². The third-order valence-corrected chi connectivity index (χ3v) is 2.26. The zero-order chi connectivity index (χ0) is 13.1. The number of carbonyl (C=O) groups is 1. The smallest absolute Gasteiger partial charge is 0.456 e. The zero-order valence-corrected chi connectivity index (χ0v) is 9.51. The summed E-state index contributed by atoms with van der Waals surface area (Å²) in [5.74, 6) is -0.0876. The molecule has 0 bridgehead atoms. The van der Waals surface area contributed by atoms with E-state index >= 15 is 0 Å². The van der Waals surface area contributed by atoms with Crippen molar-refractivity contribution in [1.29, 1.82) is 0 Å². The highest BCUT2D eigenvalue weighted by molar-refractivity contribution is 5.85. The molecule has 5 nitrogen and oxygen atoms in total. The molecule has 2 rings (SSSR count). The zero-order valence-electron chi connectivity index (χ0n) is 9.51. The molecule has 0 radical (unpaired) electrons. The summed E-state index contributed by atoms with van der Waals surface area (Å²) in [5, 5.41) is 8.80. The van der Waals surface area contributed by atoms with Crippen molar-refractivity contribution >= 4 is 17.1 Å². The Kier molecular flexibility index (Phi) is 3.27. The van der Waals surface area contributed by atoms with Crippen LogP contribution in [0.15, 0.2) is 24.3 Å². The molecular weight excluding hydrogens is 241 g/mol. The lowest BCUT2D eigenvalue weighted by molar-refractivity contribution is 0.0266. The van der Waals surface area contributed by atoms with Gasteiger partial charge >= 0.3 is 6.16 Å². The van der Waals surface area contributed by atoms with Gasteiger partial charge in [-0.25, -0.2) is 9.18 Å². The summed E-state index contributed by atoms with van der Waals surface area (Å²) in [5.41, 5.74) is 1.25. The maximum absolute atomic E-state index is 13.2. The monoisotopic (exact) mass is 251 g/mol. The topological polar surface area (TPSA) is 68.7 Å². The summed E-state index contributed by atoms with van der Waals surface area (Å²) in [6.07, 6.45) is -1.43. The number of benzene rings is 1. The van der Waals surface area contributed by atoms with Gasteiger partial charge in [0.05, 0.1) is 5.52 Å². The van der Waals surface area contributed by atoms with Gasteiger partial charge in [-0.15, -0.1) is 0 Å². The fraction of sp³-hybridized carbons (Fsp3) is 0.167. The molecule has 0 unspecified atom stereocenters. The van der Waals surface area contributed by atoms with Crippen molar-refractivity contribution in [2.24, 2.45) is 0 Å².